The highest BCUT2D eigenvalue weighted by atomic mass is 35.5. The first-order chi connectivity index (χ1) is 10.2. The second-order valence-electron chi connectivity index (χ2n) is 5.12. The normalized spacial score (nSPS) is 20.9. The van der Waals surface area contributed by atoms with E-state index in [9.17, 15) is 4.79 Å². The van der Waals surface area contributed by atoms with Crippen LogP contribution in [0.15, 0.2) is 12.1 Å². The summed E-state index contributed by atoms with van der Waals surface area (Å²) in [7, 11) is 0. The lowest BCUT2D eigenvalue weighted by molar-refractivity contribution is -0.149. The fourth-order valence-corrected chi connectivity index (χ4v) is 2.65. The molecule has 0 spiro atoms. The van der Waals surface area contributed by atoms with Gasteiger partial charge in [0.2, 0.25) is 0 Å². The topological polar surface area (TPSA) is 54.0 Å². The Kier molecular flexibility index (Phi) is 4.51. The van der Waals surface area contributed by atoms with E-state index >= 15 is 0 Å². The third kappa shape index (κ3) is 3.41. The molecule has 0 bridgehead atoms. The smallest absolute Gasteiger partial charge is 0.311 e. The standard InChI is InChI=1S/C15H17ClO5/c16-12-6-10(7-13-14(12)20-4-1-3-19-13)8-21-15(17)11-2-5-18-9-11/h6-7,11H,1-5,8-9H2. The van der Waals surface area contributed by atoms with Crippen LogP contribution in [0.2, 0.25) is 5.02 Å². The molecule has 6 heteroatoms. The Bertz CT molecular complexity index is 525. The third-order valence-electron chi connectivity index (χ3n) is 3.51. The Morgan fingerprint density at radius 3 is 2.95 bits per heavy atom. The molecule has 1 aromatic carbocycles. The molecule has 0 aliphatic carbocycles. The Balaban J connectivity index is 1.66. The number of ether oxygens (including phenoxy) is 4. The fraction of sp³-hybridized carbons (Fsp3) is 0.533. The average Bonchev–Trinajstić information content (AvgIpc) is 2.91. The summed E-state index contributed by atoms with van der Waals surface area (Å²) in [5.41, 5.74) is 0.788. The molecule has 21 heavy (non-hydrogen) atoms. The van der Waals surface area contributed by atoms with E-state index in [0.29, 0.717) is 42.9 Å². The maximum atomic E-state index is 11.9. The van der Waals surface area contributed by atoms with Crippen molar-refractivity contribution < 1.29 is 23.7 Å². The van der Waals surface area contributed by atoms with E-state index in [2.05, 4.69) is 0 Å². The molecule has 2 aliphatic heterocycles. The number of halogens is 1. The van der Waals surface area contributed by atoms with Crippen LogP contribution in [-0.2, 0) is 20.9 Å². The van der Waals surface area contributed by atoms with Crippen molar-refractivity contribution in [1.29, 1.82) is 0 Å². The average molecular weight is 313 g/mol. The van der Waals surface area contributed by atoms with E-state index in [1.54, 1.807) is 6.07 Å². The second kappa shape index (κ2) is 6.54. The van der Waals surface area contributed by atoms with Gasteiger partial charge >= 0.3 is 5.97 Å². The second-order valence-corrected chi connectivity index (χ2v) is 5.53. The monoisotopic (exact) mass is 312 g/mol. The number of carbonyl (C=O) groups is 1. The third-order valence-corrected chi connectivity index (χ3v) is 3.79. The SMILES string of the molecule is O=C(OCc1cc(Cl)c2c(c1)OCCCO2)C1CCOC1. The Hall–Kier alpha value is -1.46. The number of hydrogen-bond donors (Lipinski definition) is 0. The minimum absolute atomic E-state index is 0.152. The van der Waals surface area contributed by atoms with Crippen LogP contribution in [0.5, 0.6) is 11.5 Å². The minimum Gasteiger partial charge on any atom is -0.489 e. The van der Waals surface area contributed by atoms with Crippen molar-refractivity contribution in [3.63, 3.8) is 0 Å². The van der Waals surface area contributed by atoms with Gasteiger partial charge in [0.05, 0.1) is 30.8 Å². The summed E-state index contributed by atoms with van der Waals surface area (Å²) in [6.45, 7) is 2.41. The van der Waals surface area contributed by atoms with Crippen LogP contribution >= 0.6 is 11.6 Å². The van der Waals surface area contributed by atoms with Gasteiger partial charge in [-0.1, -0.05) is 11.6 Å². The lowest BCUT2D eigenvalue weighted by atomic mass is 10.1. The van der Waals surface area contributed by atoms with E-state index in [1.165, 1.54) is 0 Å². The van der Waals surface area contributed by atoms with Crippen molar-refractivity contribution >= 4 is 17.6 Å². The molecular formula is C15H17ClO5. The Morgan fingerprint density at radius 2 is 2.14 bits per heavy atom. The van der Waals surface area contributed by atoms with Gasteiger partial charge in [0.1, 0.15) is 6.61 Å². The van der Waals surface area contributed by atoms with E-state index in [4.69, 9.17) is 30.5 Å². The van der Waals surface area contributed by atoms with E-state index in [1.807, 2.05) is 6.07 Å². The molecule has 1 saturated heterocycles. The summed E-state index contributed by atoms with van der Waals surface area (Å²) >= 11 is 6.20. The Morgan fingerprint density at radius 1 is 1.29 bits per heavy atom. The van der Waals surface area contributed by atoms with E-state index in [0.717, 1.165) is 18.4 Å². The molecule has 1 fully saturated rings. The van der Waals surface area contributed by atoms with Crippen LogP contribution in [0.4, 0.5) is 0 Å². The molecule has 1 aromatic rings. The number of rotatable bonds is 3. The zero-order chi connectivity index (χ0) is 14.7. The number of esters is 1. The molecule has 2 heterocycles. The molecule has 1 atom stereocenters. The van der Waals surface area contributed by atoms with Crippen LogP contribution in [0, 0.1) is 5.92 Å². The summed E-state index contributed by atoms with van der Waals surface area (Å²) in [6.07, 6.45) is 1.54. The van der Waals surface area contributed by atoms with E-state index < -0.39 is 0 Å². The predicted molar refractivity (Wildman–Crippen MR) is 75.8 cm³/mol. The highest BCUT2D eigenvalue weighted by molar-refractivity contribution is 6.32. The molecule has 0 N–H and O–H groups in total. The van der Waals surface area contributed by atoms with Gasteiger partial charge in [0.25, 0.3) is 0 Å². The first-order valence-electron chi connectivity index (χ1n) is 7.06. The van der Waals surface area contributed by atoms with Crippen molar-refractivity contribution in [2.75, 3.05) is 26.4 Å². The van der Waals surface area contributed by atoms with Crippen LogP contribution < -0.4 is 9.47 Å². The molecule has 0 radical (unpaired) electrons. The molecule has 1 unspecified atom stereocenters. The summed E-state index contributed by atoms with van der Waals surface area (Å²) in [5, 5.41) is 0.477. The number of carbonyl (C=O) groups excluding carboxylic acids is 1. The quantitative estimate of drug-likeness (QED) is 0.803. The van der Waals surface area contributed by atoms with Crippen LogP contribution in [0.3, 0.4) is 0 Å². The van der Waals surface area contributed by atoms with Gasteiger partial charge in [-0.15, -0.1) is 0 Å². The number of hydrogen-bond acceptors (Lipinski definition) is 5. The highest BCUT2D eigenvalue weighted by Crippen LogP contribution is 2.38. The van der Waals surface area contributed by atoms with Crippen LogP contribution in [0.25, 0.3) is 0 Å². The van der Waals surface area contributed by atoms with Gasteiger partial charge in [0.15, 0.2) is 11.5 Å². The van der Waals surface area contributed by atoms with Crippen LogP contribution in [-0.4, -0.2) is 32.4 Å². The minimum atomic E-state index is -0.226. The lowest BCUT2D eigenvalue weighted by Gasteiger charge is -2.13. The molecule has 2 aliphatic rings. The van der Waals surface area contributed by atoms with Gasteiger partial charge in [-0.05, 0) is 24.1 Å². The zero-order valence-electron chi connectivity index (χ0n) is 11.6. The molecule has 5 nitrogen and oxygen atoms in total. The first kappa shape index (κ1) is 14.5. The molecule has 0 aromatic heterocycles. The summed E-state index contributed by atoms with van der Waals surface area (Å²) in [4.78, 5) is 11.9. The number of fused-ring (bicyclic) bond motifs is 1. The highest BCUT2D eigenvalue weighted by Gasteiger charge is 2.25. The van der Waals surface area contributed by atoms with Gasteiger partial charge in [-0.3, -0.25) is 4.79 Å². The van der Waals surface area contributed by atoms with Crippen molar-refractivity contribution in [3.05, 3.63) is 22.7 Å². The summed E-state index contributed by atoms with van der Waals surface area (Å²) in [5.74, 6) is 0.792. The van der Waals surface area contributed by atoms with Gasteiger partial charge < -0.3 is 18.9 Å². The maximum Gasteiger partial charge on any atom is 0.311 e. The van der Waals surface area contributed by atoms with E-state index in [-0.39, 0.29) is 18.5 Å². The largest absolute Gasteiger partial charge is 0.489 e. The molecular weight excluding hydrogens is 296 g/mol. The fourth-order valence-electron chi connectivity index (χ4n) is 2.36. The predicted octanol–water partition coefficient (Wildman–Crippen LogP) is 2.58. The van der Waals surface area contributed by atoms with Crippen molar-refractivity contribution in [2.24, 2.45) is 5.92 Å². The molecule has 114 valence electrons. The zero-order valence-corrected chi connectivity index (χ0v) is 12.4. The molecule has 0 amide bonds. The number of benzene rings is 1. The van der Waals surface area contributed by atoms with Crippen LogP contribution in [0.1, 0.15) is 18.4 Å². The van der Waals surface area contributed by atoms with Crippen molar-refractivity contribution in [2.45, 2.75) is 19.4 Å². The molecule has 3 rings (SSSR count). The van der Waals surface area contributed by atoms with Crippen molar-refractivity contribution in [3.8, 4) is 11.5 Å². The maximum absolute atomic E-state index is 11.9. The van der Waals surface area contributed by atoms with Gasteiger partial charge in [0, 0.05) is 13.0 Å². The summed E-state index contributed by atoms with van der Waals surface area (Å²) in [6, 6.07) is 3.55. The van der Waals surface area contributed by atoms with Gasteiger partial charge in [-0.2, -0.15) is 0 Å². The first-order valence-corrected chi connectivity index (χ1v) is 7.44. The lowest BCUT2D eigenvalue weighted by Crippen LogP contribution is -2.17. The summed E-state index contributed by atoms with van der Waals surface area (Å²) < 4.78 is 21.7. The van der Waals surface area contributed by atoms with Crippen molar-refractivity contribution in [1.82, 2.24) is 0 Å². The van der Waals surface area contributed by atoms with Gasteiger partial charge in [-0.25, -0.2) is 0 Å². The Labute approximate surface area is 128 Å². The molecule has 0 saturated carbocycles.